The van der Waals surface area contributed by atoms with E-state index in [4.69, 9.17) is 9.47 Å². The molecule has 1 amide bonds. The lowest BCUT2D eigenvalue weighted by atomic mass is 9.85. The Morgan fingerprint density at radius 3 is 2.40 bits per heavy atom. The Morgan fingerprint density at radius 1 is 0.900 bits per heavy atom. The molecular formula is C25H21NO4. The second-order valence-corrected chi connectivity index (χ2v) is 7.70. The largest absolute Gasteiger partial charge is 0.457 e. The zero-order valence-electron chi connectivity index (χ0n) is 16.4. The molecule has 5 heteroatoms. The third-order valence-electron chi connectivity index (χ3n) is 5.75. The molecule has 5 nitrogen and oxygen atoms in total. The van der Waals surface area contributed by atoms with Gasteiger partial charge in [0.15, 0.2) is 5.60 Å². The van der Waals surface area contributed by atoms with Crippen molar-refractivity contribution in [2.24, 2.45) is 0 Å². The molecule has 1 fully saturated rings. The third kappa shape index (κ3) is 3.22. The number of hydrogen-bond acceptors (Lipinski definition) is 4. The molecule has 3 aromatic carbocycles. The number of esters is 1. The van der Waals surface area contributed by atoms with Gasteiger partial charge in [0, 0.05) is 17.7 Å². The highest BCUT2D eigenvalue weighted by atomic mass is 16.6. The van der Waals surface area contributed by atoms with Crippen LogP contribution in [0.4, 0.5) is 0 Å². The average Bonchev–Trinajstić information content (AvgIpc) is 3.06. The molecule has 30 heavy (non-hydrogen) atoms. The topological polar surface area (TPSA) is 55.8 Å². The number of carbonyl (C=O) groups excluding carboxylic acids is 2. The summed E-state index contributed by atoms with van der Waals surface area (Å²) in [4.78, 5) is 27.3. The number of benzene rings is 3. The van der Waals surface area contributed by atoms with Gasteiger partial charge < -0.3 is 14.4 Å². The summed E-state index contributed by atoms with van der Waals surface area (Å²) in [5.74, 6) is 1.05. The van der Waals surface area contributed by atoms with Crippen molar-refractivity contribution in [2.45, 2.75) is 18.4 Å². The van der Waals surface area contributed by atoms with Crippen molar-refractivity contribution in [1.82, 2.24) is 4.90 Å². The van der Waals surface area contributed by atoms with Crippen LogP contribution < -0.4 is 4.74 Å². The number of carbonyl (C=O) groups is 2. The maximum Gasteiger partial charge on any atom is 0.339 e. The standard InChI is InChI=1S/C25H21NO4/c27-23(18-11-13-20(14-12-18)29-19-7-2-1-3-8-19)26-16-6-15-25(17-26)22-10-5-4-9-21(22)24(28)30-25/h1-5,7-14H,6,15-17H2. The number of para-hydroxylation sites is 1. The predicted octanol–water partition coefficient (Wildman–Crippen LogP) is 4.78. The highest BCUT2D eigenvalue weighted by Crippen LogP contribution is 2.43. The van der Waals surface area contributed by atoms with Gasteiger partial charge in [-0.25, -0.2) is 4.79 Å². The van der Waals surface area contributed by atoms with E-state index >= 15 is 0 Å². The van der Waals surface area contributed by atoms with Crippen LogP contribution in [0.5, 0.6) is 11.5 Å². The number of piperidine rings is 1. The normalized spacial score (nSPS) is 20.0. The van der Waals surface area contributed by atoms with Gasteiger partial charge in [-0.15, -0.1) is 0 Å². The first-order chi connectivity index (χ1) is 14.6. The van der Waals surface area contributed by atoms with Crippen LogP contribution in [0.15, 0.2) is 78.9 Å². The molecule has 1 saturated heterocycles. The number of rotatable bonds is 3. The van der Waals surface area contributed by atoms with Crippen LogP contribution in [0.2, 0.25) is 0 Å². The van der Waals surface area contributed by atoms with Crippen molar-refractivity contribution in [3.8, 4) is 11.5 Å². The molecule has 3 aromatic rings. The third-order valence-corrected chi connectivity index (χ3v) is 5.75. The lowest BCUT2D eigenvalue weighted by molar-refractivity contribution is -0.0442. The molecule has 1 unspecified atom stereocenters. The number of fused-ring (bicyclic) bond motifs is 2. The van der Waals surface area contributed by atoms with E-state index < -0.39 is 5.60 Å². The van der Waals surface area contributed by atoms with Gasteiger partial charge in [0.1, 0.15) is 11.5 Å². The maximum absolute atomic E-state index is 13.1. The van der Waals surface area contributed by atoms with Gasteiger partial charge in [-0.2, -0.15) is 0 Å². The highest BCUT2D eigenvalue weighted by Gasteiger charge is 2.48. The fraction of sp³-hybridized carbons (Fsp3) is 0.200. The zero-order chi connectivity index (χ0) is 20.6. The van der Waals surface area contributed by atoms with Crippen molar-refractivity contribution in [1.29, 1.82) is 0 Å². The molecule has 150 valence electrons. The van der Waals surface area contributed by atoms with Crippen LogP contribution in [0.1, 0.15) is 39.1 Å². The van der Waals surface area contributed by atoms with Gasteiger partial charge >= 0.3 is 5.97 Å². The van der Waals surface area contributed by atoms with Gasteiger partial charge in [0.25, 0.3) is 5.91 Å². The fourth-order valence-electron chi connectivity index (χ4n) is 4.32. The van der Waals surface area contributed by atoms with Gasteiger partial charge in [0.05, 0.1) is 12.1 Å². The lowest BCUT2D eigenvalue weighted by Gasteiger charge is -2.39. The van der Waals surface area contributed by atoms with E-state index in [1.807, 2.05) is 48.5 Å². The quantitative estimate of drug-likeness (QED) is 0.595. The van der Waals surface area contributed by atoms with Crippen molar-refractivity contribution in [3.05, 3.63) is 95.6 Å². The van der Waals surface area contributed by atoms with Crippen LogP contribution >= 0.6 is 0 Å². The van der Waals surface area contributed by atoms with Crippen LogP contribution in [-0.4, -0.2) is 29.9 Å². The highest BCUT2D eigenvalue weighted by molar-refractivity contribution is 5.96. The second-order valence-electron chi connectivity index (χ2n) is 7.70. The number of likely N-dealkylation sites (tertiary alicyclic amines) is 1. The number of hydrogen-bond donors (Lipinski definition) is 0. The van der Waals surface area contributed by atoms with E-state index in [0.717, 1.165) is 24.2 Å². The molecule has 1 spiro atoms. The monoisotopic (exact) mass is 399 g/mol. The van der Waals surface area contributed by atoms with E-state index in [9.17, 15) is 9.59 Å². The van der Waals surface area contributed by atoms with E-state index in [0.29, 0.717) is 30.0 Å². The first-order valence-corrected chi connectivity index (χ1v) is 10.1. The molecule has 5 rings (SSSR count). The summed E-state index contributed by atoms with van der Waals surface area (Å²) in [7, 11) is 0. The minimum absolute atomic E-state index is 0.0687. The number of ether oxygens (including phenoxy) is 2. The summed E-state index contributed by atoms with van der Waals surface area (Å²) in [6, 6.07) is 24.1. The minimum Gasteiger partial charge on any atom is -0.457 e. The molecule has 0 saturated carbocycles. The lowest BCUT2D eigenvalue weighted by Crippen LogP contribution is -2.48. The van der Waals surface area contributed by atoms with Crippen molar-refractivity contribution in [2.75, 3.05) is 13.1 Å². The summed E-state index contributed by atoms with van der Waals surface area (Å²) in [6.45, 7) is 1.01. The molecule has 0 bridgehead atoms. The van der Waals surface area contributed by atoms with Crippen molar-refractivity contribution < 1.29 is 19.1 Å². The molecule has 1 atom stereocenters. The molecule has 0 aliphatic carbocycles. The Balaban J connectivity index is 1.34. The number of amides is 1. The molecule has 2 aliphatic rings. The van der Waals surface area contributed by atoms with Crippen molar-refractivity contribution >= 4 is 11.9 Å². The van der Waals surface area contributed by atoms with Crippen molar-refractivity contribution in [3.63, 3.8) is 0 Å². The van der Waals surface area contributed by atoms with E-state index in [1.165, 1.54) is 0 Å². The van der Waals surface area contributed by atoms with Crippen LogP contribution in [0.3, 0.4) is 0 Å². The maximum atomic E-state index is 13.1. The smallest absolute Gasteiger partial charge is 0.339 e. The van der Waals surface area contributed by atoms with Crippen LogP contribution in [-0.2, 0) is 10.3 Å². The summed E-state index contributed by atoms with van der Waals surface area (Å²) >= 11 is 0. The first-order valence-electron chi connectivity index (χ1n) is 10.1. The van der Waals surface area contributed by atoms with E-state index in [-0.39, 0.29) is 11.9 Å². The Bertz CT molecular complexity index is 1090. The summed E-state index contributed by atoms with van der Waals surface area (Å²) in [5, 5.41) is 0. The Labute approximate surface area is 174 Å². The van der Waals surface area contributed by atoms with Crippen LogP contribution in [0, 0.1) is 0 Å². The summed E-state index contributed by atoms with van der Waals surface area (Å²) in [5.41, 5.74) is 1.34. The van der Waals surface area contributed by atoms with Crippen LogP contribution in [0.25, 0.3) is 0 Å². The second kappa shape index (κ2) is 7.34. The van der Waals surface area contributed by atoms with E-state index in [1.54, 1.807) is 35.2 Å². The fourth-order valence-corrected chi connectivity index (χ4v) is 4.32. The van der Waals surface area contributed by atoms with Gasteiger partial charge in [-0.05, 0) is 55.3 Å². The predicted molar refractivity (Wildman–Crippen MR) is 112 cm³/mol. The molecule has 0 radical (unpaired) electrons. The molecule has 0 aromatic heterocycles. The number of nitrogens with zero attached hydrogens (tertiary/aromatic N) is 1. The average molecular weight is 399 g/mol. The molecule has 2 heterocycles. The Morgan fingerprint density at radius 2 is 1.60 bits per heavy atom. The minimum atomic E-state index is -0.738. The van der Waals surface area contributed by atoms with Gasteiger partial charge in [-0.3, -0.25) is 4.79 Å². The Kier molecular flexibility index (Phi) is 4.51. The van der Waals surface area contributed by atoms with Gasteiger partial charge in [-0.1, -0.05) is 36.4 Å². The molecule has 0 N–H and O–H groups in total. The molecule has 2 aliphatic heterocycles. The SMILES string of the molecule is O=C1OC2(CCCN(C(=O)c3ccc(Oc4ccccc4)cc3)C2)c2ccccc21. The summed E-state index contributed by atoms with van der Waals surface area (Å²) < 4.78 is 11.6. The van der Waals surface area contributed by atoms with E-state index in [2.05, 4.69) is 0 Å². The summed E-state index contributed by atoms with van der Waals surface area (Å²) in [6.07, 6.45) is 1.51. The zero-order valence-corrected chi connectivity index (χ0v) is 16.4. The van der Waals surface area contributed by atoms with Gasteiger partial charge in [0.2, 0.25) is 0 Å². The Hall–Kier alpha value is -3.60. The first kappa shape index (κ1) is 18.4. The molecular weight excluding hydrogens is 378 g/mol.